The minimum absolute atomic E-state index is 0.319. The molecule has 0 saturated carbocycles. The Kier molecular flexibility index (Phi) is 7.48. The van der Waals surface area contributed by atoms with Crippen LogP contribution in [-0.2, 0) is 12.6 Å². The fraction of sp³-hybridized carbons (Fsp3) is 0.185. The average molecular weight is 453 g/mol. The van der Waals surface area contributed by atoms with E-state index in [1.54, 1.807) is 7.11 Å². The van der Waals surface area contributed by atoms with Gasteiger partial charge in [0.1, 0.15) is 5.75 Å². The number of nitrogens with zero attached hydrogens (tertiary/aromatic N) is 1. The third-order valence-electron chi connectivity index (χ3n) is 5.47. The number of hydrogen-bond acceptors (Lipinski definition) is 3. The van der Waals surface area contributed by atoms with Crippen LogP contribution in [0.3, 0.4) is 0 Å². The first kappa shape index (κ1) is 24.0. The van der Waals surface area contributed by atoms with Gasteiger partial charge in [0.15, 0.2) is 0 Å². The van der Waals surface area contributed by atoms with Crippen LogP contribution in [-0.4, -0.2) is 13.7 Å². The molecule has 0 heterocycles. The first-order valence-electron chi connectivity index (χ1n) is 10.5. The molecule has 3 nitrogen and oxygen atoms in total. The van der Waals surface area contributed by atoms with Crippen molar-refractivity contribution in [3.8, 4) is 5.75 Å². The normalized spacial score (nSPS) is 12.1. The topological polar surface area (TPSA) is 38.5 Å². The smallest absolute Gasteiger partial charge is 0.416 e. The van der Waals surface area contributed by atoms with Crippen molar-refractivity contribution in [1.82, 2.24) is 0 Å². The van der Waals surface area contributed by atoms with Gasteiger partial charge in [-0.1, -0.05) is 55.6 Å². The second-order valence-electron chi connectivity index (χ2n) is 7.70. The highest BCUT2D eigenvalue weighted by Crippen LogP contribution is 2.34. The molecule has 172 valence electrons. The summed E-state index contributed by atoms with van der Waals surface area (Å²) in [5.74, 6) is 0.399. The molecule has 0 aromatic heterocycles. The van der Waals surface area contributed by atoms with Gasteiger partial charge in [-0.15, -0.1) is 0 Å². The third-order valence-corrected chi connectivity index (χ3v) is 5.47. The number of anilines is 1. The number of alkyl halides is 3. The van der Waals surface area contributed by atoms with Gasteiger partial charge in [-0.2, -0.15) is 13.2 Å². The maximum absolute atomic E-state index is 12.9. The predicted octanol–water partition coefficient (Wildman–Crippen LogP) is 6.53. The molecule has 0 radical (unpaired) electrons. The predicted molar refractivity (Wildman–Crippen MR) is 127 cm³/mol. The van der Waals surface area contributed by atoms with Gasteiger partial charge in [0, 0.05) is 23.6 Å². The molecule has 0 fully saturated rings. The highest BCUT2D eigenvalue weighted by molar-refractivity contribution is 5.57. The van der Waals surface area contributed by atoms with Crippen molar-refractivity contribution in [2.75, 3.05) is 18.6 Å². The van der Waals surface area contributed by atoms with Crippen LogP contribution in [0.4, 0.5) is 18.9 Å². The second kappa shape index (κ2) is 10.3. The molecule has 3 aromatic carbocycles. The minimum Gasteiger partial charge on any atom is -0.497 e. The van der Waals surface area contributed by atoms with Gasteiger partial charge in [-0.3, -0.25) is 0 Å². The van der Waals surface area contributed by atoms with Gasteiger partial charge >= 0.3 is 6.18 Å². The molecule has 0 aliphatic heterocycles. The summed E-state index contributed by atoms with van der Waals surface area (Å²) in [4.78, 5) is 2.02. The van der Waals surface area contributed by atoms with Crippen molar-refractivity contribution < 1.29 is 17.9 Å². The zero-order valence-corrected chi connectivity index (χ0v) is 18.5. The van der Waals surface area contributed by atoms with E-state index in [-0.39, 0.29) is 5.92 Å². The molecule has 1 atom stereocenters. The number of halogens is 3. The van der Waals surface area contributed by atoms with E-state index < -0.39 is 11.7 Å². The summed E-state index contributed by atoms with van der Waals surface area (Å²) in [7, 11) is 1.60. The van der Waals surface area contributed by atoms with E-state index >= 15 is 0 Å². The summed E-state index contributed by atoms with van der Waals surface area (Å²) >= 11 is 0. The summed E-state index contributed by atoms with van der Waals surface area (Å²) in [6.45, 7) is 8.80. The number of methoxy groups -OCH3 is 1. The summed E-state index contributed by atoms with van der Waals surface area (Å²) in [5, 5.41) is 0. The van der Waals surface area contributed by atoms with Crippen molar-refractivity contribution >= 4 is 5.69 Å². The fourth-order valence-electron chi connectivity index (χ4n) is 3.72. The third kappa shape index (κ3) is 5.98. The summed E-state index contributed by atoms with van der Waals surface area (Å²) in [6.07, 6.45) is -3.84. The van der Waals surface area contributed by atoms with Gasteiger partial charge in [0.05, 0.1) is 18.6 Å². The van der Waals surface area contributed by atoms with Crippen LogP contribution in [0.2, 0.25) is 0 Å². The van der Waals surface area contributed by atoms with Gasteiger partial charge in [0.25, 0.3) is 0 Å². The first-order valence-corrected chi connectivity index (χ1v) is 10.5. The lowest BCUT2D eigenvalue weighted by Crippen LogP contribution is -2.30. The van der Waals surface area contributed by atoms with Crippen LogP contribution in [0.25, 0.3) is 0 Å². The largest absolute Gasteiger partial charge is 0.497 e. The minimum atomic E-state index is -4.35. The van der Waals surface area contributed by atoms with Crippen molar-refractivity contribution in [2.45, 2.75) is 18.5 Å². The molecule has 0 amide bonds. The zero-order valence-electron chi connectivity index (χ0n) is 18.5. The molecule has 3 rings (SSSR count). The lowest BCUT2D eigenvalue weighted by atomic mass is 9.92. The SMILES string of the molecule is C=C(N)C(C(=C)N(CCc1ccc(C(F)(F)F)cc1)c1ccc(OC)cc1)c1ccccc1. The number of benzene rings is 3. The van der Waals surface area contributed by atoms with Crippen molar-refractivity contribution in [3.05, 3.63) is 120 Å². The van der Waals surface area contributed by atoms with E-state index in [2.05, 4.69) is 13.2 Å². The standard InChI is InChI=1S/C27H27F3N2O/c1-19(31)26(22-7-5-4-6-8-22)20(2)32(24-13-15-25(33-3)16-14-24)18-17-21-9-11-23(12-10-21)27(28,29)30/h4-16,26H,1-2,17-18,31H2,3H3. The van der Waals surface area contributed by atoms with E-state index in [9.17, 15) is 13.2 Å². The van der Waals surface area contributed by atoms with E-state index in [0.717, 1.165) is 40.4 Å². The molecule has 33 heavy (non-hydrogen) atoms. The Labute approximate surface area is 192 Å². The highest BCUT2D eigenvalue weighted by atomic mass is 19.4. The molecule has 2 N–H and O–H groups in total. The maximum atomic E-state index is 12.9. The Hall–Kier alpha value is -3.67. The van der Waals surface area contributed by atoms with Gasteiger partial charge in [0.2, 0.25) is 0 Å². The lowest BCUT2D eigenvalue weighted by Gasteiger charge is -2.32. The summed E-state index contributed by atoms with van der Waals surface area (Å²) < 4.78 is 44.0. The van der Waals surface area contributed by atoms with E-state index in [0.29, 0.717) is 18.7 Å². The van der Waals surface area contributed by atoms with Crippen molar-refractivity contribution in [1.29, 1.82) is 0 Å². The first-order chi connectivity index (χ1) is 15.7. The zero-order chi connectivity index (χ0) is 24.0. The van der Waals surface area contributed by atoms with Crippen LogP contribution in [0.5, 0.6) is 5.75 Å². The average Bonchev–Trinajstić information content (AvgIpc) is 2.80. The van der Waals surface area contributed by atoms with E-state index in [1.165, 1.54) is 12.1 Å². The van der Waals surface area contributed by atoms with E-state index in [1.807, 2.05) is 59.5 Å². The fourth-order valence-corrected chi connectivity index (χ4v) is 3.72. The maximum Gasteiger partial charge on any atom is 0.416 e. The van der Waals surface area contributed by atoms with Gasteiger partial charge in [-0.05, 0) is 53.9 Å². The number of hydrogen-bond donors (Lipinski definition) is 1. The molecule has 0 saturated heterocycles. The van der Waals surface area contributed by atoms with Crippen molar-refractivity contribution in [2.24, 2.45) is 5.73 Å². The van der Waals surface area contributed by atoms with Crippen LogP contribution in [0.15, 0.2) is 103 Å². The molecule has 6 heteroatoms. The molecular formula is C27H27F3N2O. The lowest BCUT2D eigenvalue weighted by molar-refractivity contribution is -0.137. The van der Waals surface area contributed by atoms with Crippen molar-refractivity contribution in [3.63, 3.8) is 0 Å². The Balaban J connectivity index is 1.90. The highest BCUT2D eigenvalue weighted by Gasteiger charge is 2.30. The monoisotopic (exact) mass is 452 g/mol. The number of nitrogens with two attached hydrogens (primary N) is 1. The summed E-state index contributed by atoms with van der Waals surface area (Å²) in [6, 6.07) is 22.5. The Morgan fingerprint density at radius 2 is 1.55 bits per heavy atom. The molecular weight excluding hydrogens is 425 g/mol. The number of ether oxygens (including phenoxy) is 1. The Morgan fingerprint density at radius 1 is 0.939 bits per heavy atom. The quantitative estimate of drug-likeness (QED) is 0.401. The van der Waals surface area contributed by atoms with Crippen LogP contribution < -0.4 is 15.4 Å². The summed E-state index contributed by atoms with van der Waals surface area (Å²) in [5.41, 5.74) is 9.33. The molecule has 0 aliphatic rings. The van der Waals surface area contributed by atoms with Crippen LogP contribution >= 0.6 is 0 Å². The molecule has 0 aliphatic carbocycles. The van der Waals surface area contributed by atoms with E-state index in [4.69, 9.17) is 10.5 Å². The van der Waals surface area contributed by atoms with Gasteiger partial charge < -0.3 is 15.4 Å². The number of rotatable bonds is 9. The second-order valence-corrected chi connectivity index (χ2v) is 7.70. The Bertz CT molecular complexity index is 1080. The molecule has 0 spiro atoms. The van der Waals surface area contributed by atoms with Gasteiger partial charge in [-0.25, -0.2) is 0 Å². The van der Waals surface area contributed by atoms with Crippen LogP contribution in [0.1, 0.15) is 22.6 Å². The molecule has 1 unspecified atom stereocenters. The Morgan fingerprint density at radius 3 is 2.06 bits per heavy atom. The van der Waals surface area contributed by atoms with Crippen LogP contribution in [0, 0.1) is 0 Å². The molecule has 0 bridgehead atoms. The molecule has 3 aromatic rings.